The molecule has 3 nitrogen and oxygen atoms in total. The van der Waals surface area contributed by atoms with Gasteiger partial charge in [-0.25, -0.2) is 4.98 Å². The molecule has 2 fully saturated rings. The Bertz CT molecular complexity index is 348. The molecule has 94 valence electrons. The number of hydrogen-bond donors (Lipinski definition) is 1. The van der Waals surface area contributed by atoms with Gasteiger partial charge in [0.2, 0.25) is 0 Å². The Morgan fingerprint density at radius 3 is 3.12 bits per heavy atom. The smallest absolute Gasteiger partial charge is 0.0794 e. The van der Waals surface area contributed by atoms with Crippen LogP contribution < -0.4 is 5.32 Å². The van der Waals surface area contributed by atoms with Crippen molar-refractivity contribution in [2.45, 2.75) is 38.3 Å². The predicted octanol–water partition coefficient (Wildman–Crippen LogP) is 1.76. The number of thiazole rings is 1. The second-order valence-corrected chi connectivity index (χ2v) is 6.14. The maximum absolute atomic E-state index is 4.37. The van der Waals surface area contributed by atoms with E-state index in [0.29, 0.717) is 6.04 Å². The van der Waals surface area contributed by atoms with Gasteiger partial charge in [0.05, 0.1) is 11.2 Å². The molecule has 1 saturated carbocycles. The van der Waals surface area contributed by atoms with Crippen LogP contribution in [0.5, 0.6) is 0 Å². The van der Waals surface area contributed by atoms with Crippen LogP contribution in [0, 0.1) is 5.92 Å². The maximum atomic E-state index is 4.37. The third-order valence-corrected chi connectivity index (χ3v) is 4.69. The van der Waals surface area contributed by atoms with Crippen LogP contribution in [0.4, 0.5) is 0 Å². The highest BCUT2D eigenvalue weighted by Crippen LogP contribution is 2.34. The zero-order valence-corrected chi connectivity index (χ0v) is 11.2. The van der Waals surface area contributed by atoms with Gasteiger partial charge in [0.25, 0.3) is 0 Å². The molecule has 1 aromatic rings. The molecule has 0 radical (unpaired) electrons. The van der Waals surface area contributed by atoms with E-state index in [4.69, 9.17) is 0 Å². The molecule has 0 spiro atoms. The summed E-state index contributed by atoms with van der Waals surface area (Å²) in [5.41, 5.74) is 3.19. The van der Waals surface area contributed by atoms with Crippen molar-refractivity contribution in [1.82, 2.24) is 15.2 Å². The minimum atomic E-state index is 0.670. The van der Waals surface area contributed by atoms with E-state index in [9.17, 15) is 0 Å². The molecule has 17 heavy (non-hydrogen) atoms. The average Bonchev–Trinajstić information content (AvgIpc) is 3.05. The van der Waals surface area contributed by atoms with E-state index in [2.05, 4.69) is 27.5 Å². The lowest BCUT2D eigenvalue weighted by atomic mass is 10.1. The highest BCUT2D eigenvalue weighted by molar-refractivity contribution is 7.07. The first kappa shape index (κ1) is 11.6. The molecule has 0 bridgehead atoms. The summed E-state index contributed by atoms with van der Waals surface area (Å²) < 4.78 is 0. The summed E-state index contributed by atoms with van der Waals surface area (Å²) in [5.74, 6) is 0.962. The van der Waals surface area contributed by atoms with Crippen molar-refractivity contribution in [3.63, 3.8) is 0 Å². The molecule has 2 aliphatic rings. The molecule has 1 aliphatic heterocycles. The number of hydrogen-bond acceptors (Lipinski definition) is 4. The lowest BCUT2D eigenvalue weighted by Gasteiger charge is -2.39. The molecule has 2 atom stereocenters. The fourth-order valence-electron chi connectivity index (χ4n) is 2.69. The first-order valence-electron chi connectivity index (χ1n) is 6.67. The zero-order valence-electron chi connectivity index (χ0n) is 10.4. The number of piperazine rings is 1. The van der Waals surface area contributed by atoms with E-state index in [1.807, 2.05) is 5.51 Å². The van der Waals surface area contributed by atoms with Crippen molar-refractivity contribution in [3.8, 4) is 0 Å². The molecule has 2 unspecified atom stereocenters. The molecule has 1 aromatic heterocycles. The summed E-state index contributed by atoms with van der Waals surface area (Å²) >= 11 is 1.70. The lowest BCUT2D eigenvalue weighted by molar-refractivity contribution is 0.134. The quantitative estimate of drug-likeness (QED) is 0.884. The van der Waals surface area contributed by atoms with Gasteiger partial charge in [-0.05, 0) is 25.7 Å². The lowest BCUT2D eigenvalue weighted by Crippen LogP contribution is -2.56. The molecule has 1 N–H and O–H groups in total. The maximum Gasteiger partial charge on any atom is 0.0794 e. The van der Waals surface area contributed by atoms with Crippen LogP contribution in [-0.2, 0) is 6.42 Å². The van der Waals surface area contributed by atoms with Crippen LogP contribution in [-0.4, -0.2) is 41.6 Å². The molecule has 1 saturated heterocycles. The number of nitrogens with one attached hydrogen (secondary N) is 1. The van der Waals surface area contributed by atoms with Gasteiger partial charge < -0.3 is 5.32 Å². The summed E-state index contributed by atoms with van der Waals surface area (Å²) in [4.78, 5) is 7.01. The summed E-state index contributed by atoms with van der Waals surface area (Å²) in [6.07, 6.45) is 3.98. The Kier molecular flexibility index (Phi) is 3.45. The third kappa shape index (κ3) is 2.87. The third-order valence-electron chi connectivity index (χ3n) is 4.06. The number of rotatable bonds is 4. The van der Waals surface area contributed by atoms with Crippen LogP contribution in [0.1, 0.15) is 25.5 Å². The van der Waals surface area contributed by atoms with Gasteiger partial charge in [-0.2, -0.15) is 0 Å². The largest absolute Gasteiger partial charge is 0.311 e. The molecule has 0 aromatic carbocycles. The summed E-state index contributed by atoms with van der Waals surface area (Å²) in [5, 5.41) is 5.87. The van der Waals surface area contributed by atoms with Crippen LogP contribution in [0.25, 0.3) is 0 Å². The van der Waals surface area contributed by atoms with Crippen LogP contribution in [0.15, 0.2) is 10.9 Å². The molecule has 4 heteroatoms. The van der Waals surface area contributed by atoms with Gasteiger partial charge in [-0.3, -0.25) is 4.90 Å². The average molecular weight is 251 g/mol. The van der Waals surface area contributed by atoms with Crippen molar-refractivity contribution in [1.29, 1.82) is 0 Å². The topological polar surface area (TPSA) is 28.2 Å². The van der Waals surface area contributed by atoms with Gasteiger partial charge >= 0.3 is 0 Å². The second-order valence-electron chi connectivity index (χ2n) is 5.43. The van der Waals surface area contributed by atoms with Crippen LogP contribution >= 0.6 is 11.3 Å². The Balaban J connectivity index is 1.53. The SMILES string of the molecule is CC1CNC(C2CC2)CN1CCc1cscn1. The monoisotopic (exact) mass is 251 g/mol. The standard InChI is InChI=1S/C13H21N3S/c1-10-6-14-13(11-2-3-11)7-16(10)5-4-12-8-17-9-15-12/h8-11,13-14H,2-7H2,1H3. The fraction of sp³-hybridized carbons (Fsp3) is 0.769. The Labute approximate surface area is 107 Å². The molecule has 2 heterocycles. The normalized spacial score (nSPS) is 30.6. The minimum Gasteiger partial charge on any atom is -0.311 e. The number of nitrogens with zero attached hydrogens (tertiary/aromatic N) is 2. The molecular weight excluding hydrogens is 230 g/mol. The highest BCUT2D eigenvalue weighted by atomic mass is 32.1. The van der Waals surface area contributed by atoms with Crippen LogP contribution in [0.3, 0.4) is 0 Å². The first-order valence-corrected chi connectivity index (χ1v) is 7.61. The predicted molar refractivity (Wildman–Crippen MR) is 71.4 cm³/mol. The van der Waals surface area contributed by atoms with E-state index < -0.39 is 0 Å². The van der Waals surface area contributed by atoms with Crippen molar-refractivity contribution in [3.05, 3.63) is 16.6 Å². The second kappa shape index (κ2) is 5.04. The van der Waals surface area contributed by atoms with E-state index in [1.54, 1.807) is 11.3 Å². The highest BCUT2D eigenvalue weighted by Gasteiger charge is 2.35. The van der Waals surface area contributed by atoms with Crippen molar-refractivity contribution in [2.75, 3.05) is 19.6 Å². The van der Waals surface area contributed by atoms with Crippen LogP contribution in [0.2, 0.25) is 0 Å². The van der Waals surface area contributed by atoms with E-state index in [0.717, 1.165) is 31.5 Å². The van der Waals surface area contributed by atoms with Gasteiger partial charge in [-0.1, -0.05) is 0 Å². The van der Waals surface area contributed by atoms with E-state index in [-0.39, 0.29) is 0 Å². The molecule has 0 amide bonds. The zero-order chi connectivity index (χ0) is 11.7. The van der Waals surface area contributed by atoms with Gasteiger partial charge in [0.1, 0.15) is 0 Å². The Hall–Kier alpha value is -0.450. The Morgan fingerprint density at radius 1 is 1.53 bits per heavy atom. The molecule has 3 rings (SSSR count). The van der Waals surface area contributed by atoms with Gasteiger partial charge in [-0.15, -0.1) is 11.3 Å². The fourth-order valence-corrected chi connectivity index (χ4v) is 3.29. The molecule has 1 aliphatic carbocycles. The van der Waals surface area contributed by atoms with Gasteiger partial charge in [0.15, 0.2) is 0 Å². The van der Waals surface area contributed by atoms with Crippen molar-refractivity contribution in [2.24, 2.45) is 5.92 Å². The summed E-state index contributed by atoms with van der Waals surface area (Å²) in [7, 11) is 0. The van der Waals surface area contributed by atoms with Crippen molar-refractivity contribution >= 4 is 11.3 Å². The first-order chi connectivity index (χ1) is 8.33. The summed E-state index contributed by atoms with van der Waals surface area (Å²) in [6, 6.07) is 1.42. The molecular formula is C13H21N3S. The van der Waals surface area contributed by atoms with E-state index in [1.165, 1.54) is 25.1 Å². The van der Waals surface area contributed by atoms with E-state index >= 15 is 0 Å². The Morgan fingerprint density at radius 2 is 2.41 bits per heavy atom. The number of aromatic nitrogens is 1. The minimum absolute atomic E-state index is 0.670. The van der Waals surface area contributed by atoms with Crippen molar-refractivity contribution < 1.29 is 0 Å². The van der Waals surface area contributed by atoms with Gasteiger partial charge in [0, 0.05) is 43.5 Å². The summed E-state index contributed by atoms with van der Waals surface area (Å²) in [6.45, 7) is 5.88.